The van der Waals surface area contributed by atoms with Crippen molar-refractivity contribution in [3.8, 4) is 0 Å². The maximum Gasteiger partial charge on any atom is 0.339 e. The highest BCUT2D eigenvalue weighted by molar-refractivity contribution is 6.10. The van der Waals surface area contributed by atoms with Crippen LogP contribution in [0.3, 0.4) is 0 Å². The molecule has 0 aliphatic heterocycles. The minimum Gasteiger partial charge on any atom is -0.462 e. The van der Waals surface area contributed by atoms with E-state index in [0.29, 0.717) is 12.8 Å². The Morgan fingerprint density at radius 2 is 0.810 bits per heavy atom. The van der Waals surface area contributed by atoms with Gasteiger partial charge in [-0.1, -0.05) is 92.9 Å². The number of rotatable bonds is 22. The molecule has 42 heavy (non-hydrogen) atoms. The molecule has 0 bridgehead atoms. The predicted octanol–water partition coefficient (Wildman–Crippen LogP) is 8.35. The van der Waals surface area contributed by atoms with Crippen molar-refractivity contribution in [3.63, 3.8) is 0 Å². The maximum atomic E-state index is 13.4. The third-order valence-corrected chi connectivity index (χ3v) is 7.49. The molecule has 2 unspecified atom stereocenters. The lowest BCUT2D eigenvalue weighted by Crippen LogP contribution is -2.23. The van der Waals surface area contributed by atoms with Crippen LogP contribution >= 0.6 is 0 Å². The van der Waals surface area contributed by atoms with Gasteiger partial charge < -0.3 is 18.9 Å². The predicted molar refractivity (Wildman–Crippen MR) is 164 cm³/mol. The van der Waals surface area contributed by atoms with Crippen LogP contribution in [0.2, 0.25) is 0 Å². The third-order valence-electron chi connectivity index (χ3n) is 7.49. The molecule has 0 spiro atoms. The Balaban J connectivity index is 3.51. The number of ether oxygens (including phenoxy) is 4. The van der Waals surface area contributed by atoms with Crippen molar-refractivity contribution in [1.29, 1.82) is 0 Å². The van der Waals surface area contributed by atoms with Crippen LogP contribution in [0.1, 0.15) is 160 Å². The van der Waals surface area contributed by atoms with E-state index < -0.39 is 23.9 Å². The van der Waals surface area contributed by atoms with Gasteiger partial charge in [0.1, 0.15) is 0 Å². The van der Waals surface area contributed by atoms with Crippen molar-refractivity contribution in [1.82, 2.24) is 0 Å². The van der Waals surface area contributed by atoms with Gasteiger partial charge in [0.15, 0.2) is 0 Å². The van der Waals surface area contributed by atoms with E-state index >= 15 is 0 Å². The molecule has 0 saturated heterocycles. The quantitative estimate of drug-likeness (QED) is 0.0754. The smallest absolute Gasteiger partial charge is 0.339 e. The molecule has 1 aromatic rings. The molecule has 0 aromatic heterocycles. The van der Waals surface area contributed by atoms with Gasteiger partial charge >= 0.3 is 23.9 Å². The van der Waals surface area contributed by atoms with Crippen LogP contribution in [0.5, 0.6) is 0 Å². The molecule has 0 aliphatic carbocycles. The van der Waals surface area contributed by atoms with Gasteiger partial charge in [-0.2, -0.15) is 0 Å². The molecule has 0 saturated carbocycles. The van der Waals surface area contributed by atoms with Gasteiger partial charge in [-0.25, -0.2) is 19.2 Å². The van der Waals surface area contributed by atoms with Crippen molar-refractivity contribution in [2.75, 3.05) is 26.4 Å². The molecule has 0 N–H and O–H groups in total. The fraction of sp³-hybridized carbons (Fsp3) is 0.706. The molecule has 0 aliphatic rings. The average Bonchev–Trinajstić information content (AvgIpc) is 3.00. The summed E-state index contributed by atoms with van der Waals surface area (Å²) in [6.45, 7) is 12.9. The zero-order valence-electron chi connectivity index (χ0n) is 26.9. The van der Waals surface area contributed by atoms with E-state index in [-0.39, 0.29) is 60.5 Å². The summed E-state index contributed by atoms with van der Waals surface area (Å²) in [5.74, 6) is -2.66. The van der Waals surface area contributed by atoms with E-state index in [0.717, 1.165) is 64.2 Å². The van der Waals surface area contributed by atoms with Gasteiger partial charge in [-0.3, -0.25) is 0 Å². The maximum absolute atomic E-state index is 13.4. The fourth-order valence-corrected chi connectivity index (χ4v) is 4.39. The second-order valence-corrected chi connectivity index (χ2v) is 11.0. The molecule has 0 amide bonds. The molecule has 0 fully saturated rings. The zero-order chi connectivity index (χ0) is 31.3. The summed E-state index contributed by atoms with van der Waals surface area (Å²) in [4.78, 5) is 53.1. The Kier molecular flexibility index (Phi) is 19.2. The van der Waals surface area contributed by atoms with Crippen LogP contribution in [0.15, 0.2) is 12.1 Å². The summed E-state index contributed by atoms with van der Waals surface area (Å²) >= 11 is 0. The van der Waals surface area contributed by atoms with Crippen LogP contribution in [0.25, 0.3) is 0 Å². The lowest BCUT2D eigenvalue weighted by atomic mass is 9.97. The Hall–Kier alpha value is -2.90. The summed E-state index contributed by atoms with van der Waals surface area (Å²) in [5, 5.41) is 0. The largest absolute Gasteiger partial charge is 0.462 e. The molecule has 1 rings (SSSR count). The zero-order valence-corrected chi connectivity index (χ0v) is 26.9. The van der Waals surface area contributed by atoms with Crippen molar-refractivity contribution >= 4 is 23.9 Å². The first-order valence-electron chi connectivity index (χ1n) is 16.1. The molecule has 2 atom stereocenters. The number of carbonyl (C=O) groups is 4. The summed E-state index contributed by atoms with van der Waals surface area (Å²) in [7, 11) is 0. The Morgan fingerprint density at radius 3 is 1.10 bits per heavy atom. The lowest BCUT2D eigenvalue weighted by Gasteiger charge is -2.18. The highest BCUT2D eigenvalue weighted by Crippen LogP contribution is 2.24. The number of carbonyl (C=O) groups excluding carboxylic acids is 4. The van der Waals surface area contributed by atoms with Crippen molar-refractivity contribution < 1.29 is 38.1 Å². The second kappa shape index (κ2) is 21.8. The lowest BCUT2D eigenvalue weighted by molar-refractivity contribution is 0.0378. The van der Waals surface area contributed by atoms with Crippen LogP contribution < -0.4 is 0 Å². The van der Waals surface area contributed by atoms with Gasteiger partial charge in [0.05, 0.1) is 48.7 Å². The summed E-state index contributed by atoms with van der Waals surface area (Å²) in [5.41, 5.74) is -0.522. The van der Waals surface area contributed by atoms with Gasteiger partial charge in [0, 0.05) is 0 Å². The topological polar surface area (TPSA) is 105 Å². The number of esters is 4. The van der Waals surface area contributed by atoms with E-state index in [2.05, 4.69) is 13.8 Å². The molecule has 0 heterocycles. The second-order valence-electron chi connectivity index (χ2n) is 11.0. The highest BCUT2D eigenvalue weighted by Gasteiger charge is 2.29. The fourth-order valence-electron chi connectivity index (χ4n) is 4.39. The van der Waals surface area contributed by atoms with Gasteiger partial charge in [0.2, 0.25) is 0 Å². The summed E-state index contributed by atoms with van der Waals surface area (Å²) in [6, 6.07) is 2.45. The monoisotopic (exact) mass is 590 g/mol. The van der Waals surface area contributed by atoms with Crippen molar-refractivity contribution in [3.05, 3.63) is 34.4 Å². The number of benzene rings is 1. The van der Waals surface area contributed by atoms with E-state index in [1.165, 1.54) is 12.1 Å². The van der Waals surface area contributed by atoms with Gasteiger partial charge in [0.25, 0.3) is 0 Å². The van der Waals surface area contributed by atoms with Crippen LogP contribution in [-0.2, 0) is 18.9 Å². The molecule has 8 nitrogen and oxygen atoms in total. The standard InChI is InChI=1S/C34H54O8/c1-7-13-17-25(11-5)23-41-33(37)29-21-27(31(35)39-19-15-9-3)28(32(36)40-20-16-10-4)22-30(29)34(38)42-24-26(12-6)18-14-8-2/h21-22,25-26H,7-20,23-24H2,1-6H3. The SMILES string of the molecule is CCCCOC(=O)c1cc(C(=O)OCC(CC)CCCC)c(C(=O)OCC(CC)CCCC)cc1C(=O)OCCCC. The van der Waals surface area contributed by atoms with Gasteiger partial charge in [-0.15, -0.1) is 0 Å². The van der Waals surface area contributed by atoms with Crippen molar-refractivity contribution in [2.24, 2.45) is 11.8 Å². The summed E-state index contributed by atoms with van der Waals surface area (Å²) in [6.07, 6.45) is 10.6. The Labute approximate surface area is 253 Å². The first kappa shape index (κ1) is 37.1. The number of hydrogen-bond donors (Lipinski definition) is 0. The Bertz CT molecular complexity index is 894. The molecular weight excluding hydrogens is 536 g/mol. The van der Waals surface area contributed by atoms with E-state index in [9.17, 15) is 19.2 Å². The van der Waals surface area contributed by atoms with Crippen LogP contribution in [0, 0.1) is 11.8 Å². The summed E-state index contributed by atoms with van der Waals surface area (Å²) < 4.78 is 22.1. The van der Waals surface area contributed by atoms with E-state index in [1.54, 1.807) is 0 Å². The highest BCUT2D eigenvalue weighted by atomic mass is 16.5. The molecule has 8 heteroatoms. The number of unbranched alkanes of at least 4 members (excludes halogenated alkanes) is 4. The van der Waals surface area contributed by atoms with Crippen LogP contribution in [-0.4, -0.2) is 50.3 Å². The minimum atomic E-state index is -0.764. The van der Waals surface area contributed by atoms with Crippen LogP contribution in [0.4, 0.5) is 0 Å². The minimum absolute atomic E-state index is 0.125. The molecular formula is C34H54O8. The molecule has 1 aromatic carbocycles. The first-order chi connectivity index (χ1) is 20.3. The molecule has 0 radical (unpaired) electrons. The van der Waals surface area contributed by atoms with Crippen molar-refractivity contribution in [2.45, 2.75) is 119 Å². The third kappa shape index (κ3) is 13.0. The van der Waals surface area contributed by atoms with E-state index in [4.69, 9.17) is 18.9 Å². The number of hydrogen-bond acceptors (Lipinski definition) is 8. The molecule has 238 valence electrons. The average molecular weight is 591 g/mol. The first-order valence-corrected chi connectivity index (χ1v) is 16.1. The van der Waals surface area contributed by atoms with E-state index in [1.807, 2.05) is 27.7 Å². The Morgan fingerprint density at radius 1 is 0.500 bits per heavy atom. The normalized spacial score (nSPS) is 12.3. The van der Waals surface area contributed by atoms with Gasteiger partial charge in [-0.05, 0) is 49.7 Å².